The van der Waals surface area contributed by atoms with Crippen molar-refractivity contribution in [1.29, 1.82) is 0 Å². The van der Waals surface area contributed by atoms with Crippen molar-refractivity contribution in [2.45, 2.75) is 0 Å². The van der Waals surface area contributed by atoms with Crippen LogP contribution in [-0.2, 0) is 0 Å². The van der Waals surface area contributed by atoms with Gasteiger partial charge in [0.15, 0.2) is 5.78 Å². The Hall–Kier alpha value is -2.10. The molecule has 0 unspecified atom stereocenters. The van der Waals surface area contributed by atoms with Crippen LogP contribution >= 0.6 is 23.2 Å². The Morgan fingerprint density at radius 1 is 1.14 bits per heavy atom. The van der Waals surface area contributed by atoms with Crippen LogP contribution in [0.1, 0.15) is 15.9 Å². The zero-order valence-electron chi connectivity index (χ0n) is 11.8. The van der Waals surface area contributed by atoms with E-state index in [1.54, 1.807) is 49.5 Å². The number of ketones is 1. The maximum atomic E-state index is 12.2. The van der Waals surface area contributed by atoms with E-state index in [0.717, 1.165) is 0 Å². The van der Waals surface area contributed by atoms with E-state index >= 15 is 0 Å². The Kier molecular flexibility index (Phi) is 5.36. The van der Waals surface area contributed by atoms with Crippen LogP contribution in [-0.4, -0.2) is 12.8 Å². The standard InChI is InChI=1S/C17H13Cl2NO2/c1-20-15-5-3-2-4-13(17(15)22)16(21)9-7-11-6-8-12(18)10-14(11)19/h2-10H,1H3,(H,20,22)/b9-7-. The van der Waals surface area contributed by atoms with Gasteiger partial charge in [-0.15, -0.1) is 0 Å². The maximum Gasteiger partial charge on any atom is 0.212 e. The number of nitrogens with one attached hydrogen (secondary N) is 1. The normalized spacial score (nSPS) is 10.7. The molecule has 0 saturated heterocycles. The lowest BCUT2D eigenvalue weighted by atomic mass is 10.1. The molecule has 0 spiro atoms. The maximum absolute atomic E-state index is 12.2. The predicted octanol–water partition coefficient (Wildman–Crippen LogP) is 4.29. The Morgan fingerprint density at radius 3 is 2.55 bits per heavy atom. The van der Waals surface area contributed by atoms with E-state index in [1.165, 1.54) is 12.1 Å². The minimum Gasteiger partial charge on any atom is -0.385 e. The zero-order chi connectivity index (χ0) is 16.1. The fourth-order valence-corrected chi connectivity index (χ4v) is 2.35. The molecule has 0 heterocycles. The molecule has 3 nitrogen and oxygen atoms in total. The molecule has 5 heteroatoms. The average Bonchev–Trinajstić information content (AvgIpc) is 2.67. The van der Waals surface area contributed by atoms with Crippen LogP contribution in [0.3, 0.4) is 0 Å². The van der Waals surface area contributed by atoms with Gasteiger partial charge >= 0.3 is 0 Å². The minimum atomic E-state index is -0.385. The third-order valence-corrected chi connectivity index (χ3v) is 3.60. The number of hydrogen-bond donors (Lipinski definition) is 1. The largest absolute Gasteiger partial charge is 0.385 e. The van der Waals surface area contributed by atoms with Crippen LogP contribution in [0, 0.1) is 0 Å². The first-order valence-electron chi connectivity index (χ1n) is 6.51. The van der Waals surface area contributed by atoms with Crippen molar-refractivity contribution in [3.8, 4) is 0 Å². The van der Waals surface area contributed by atoms with E-state index < -0.39 is 0 Å². The summed E-state index contributed by atoms with van der Waals surface area (Å²) in [5, 5.41) is 3.73. The van der Waals surface area contributed by atoms with E-state index in [9.17, 15) is 9.59 Å². The molecule has 1 N–H and O–H groups in total. The number of halogens is 2. The summed E-state index contributed by atoms with van der Waals surface area (Å²) in [6.07, 6.45) is 2.89. The topological polar surface area (TPSA) is 46.2 Å². The molecule has 0 aliphatic heterocycles. The fraction of sp³-hybridized carbons (Fsp3) is 0.0588. The Morgan fingerprint density at radius 2 is 1.86 bits per heavy atom. The van der Waals surface area contributed by atoms with Crippen LogP contribution in [0.25, 0.3) is 6.08 Å². The number of carbonyl (C=O) groups excluding carboxylic acids is 1. The van der Waals surface area contributed by atoms with E-state index in [-0.39, 0.29) is 16.8 Å². The van der Waals surface area contributed by atoms with Crippen molar-refractivity contribution in [2.24, 2.45) is 0 Å². The van der Waals surface area contributed by atoms with Crippen molar-refractivity contribution < 1.29 is 4.79 Å². The van der Waals surface area contributed by atoms with Gasteiger partial charge in [-0.3, -0.25) is 9.59 Å². The van der Waals surface area contributed by atoms with Crippen molar-refractivity contribution in [1.82, 2.24) is 0 Å². The molecule has 0 fully saturated rings. The van der Waals surface area contributed by atoms with Crippen LogP contribution in [0.5, 0.6) is 0 Å². The van der Waals surface area contributed by atoms with Crippen molar-refractivity contribution in [3.05, 3.63) is 79.9 Å². The molecule has 0 aliphatic rings. The van der Waals surface area contributed by atoms with Gasteiger partial charge in [0.25, 0.3) is 0 Å². The zero-order valence-corrected chi connectivity index (χ0v) is 13.3. The number of benzene rings is 1. The van der Waals surface area contributed by atoms with Crippen LogP contribution in [0.4, 0.5) is 5.69 Å². The van der Waals surface area contributed by atoms with Crippen molar-refractivity contribution in [2.75, 3.05) is 12.4 Å². The highest BCUT2D eigenvalue weighted by atomic mass is 35.5. The molecule has 0 bridgehead atoms. The molecule has 112 valence electrons. The van der Waals surface area contributed by atoms with E-state index in [4.69, 9.17) is 23.2 Å². The van der Waals surface area contributed by atoms with Gasteiger partial charge in [0.05, 0.1) is 11.3 Å². The van der Waals surface area contributed by atoms with Gasteiger partial charge in [0, 0.05) is 17.1 Å². The summed E-state index contributed by atoms with van der Waals surface area (Å²) in [5.41, 5.74) is 0.771. The second-order valence-corrected chi connectivity index (χ2v) is 5.33. The summed E-state index contributed by atoms with van der Waals surface area (Å²) >= 11 is 11.9. The third-order valence-electron chi connectivity index (χ3n) is 3.04. The number of hydrogen-bond acceptors (Lipinski definition) is 3. The first-order chi connectivity index (χ1) is 10.5. The number of allylic oxidation sites excluding steroid dienone is 1. The van der Waals surface area contributed by atoms with Gasteiger partial charge in [-0.05, 0) is 42.0 Å². The summed E-state index contributed by atoms with van der Waals surface area (Å²) in [6, 6.07) is 11.4. The molecule has 0 saturated carbocycles. The lowest BCUT2D eigenvalue weighted by molar-refractivity contribution is 0.104. The molecule has 0 atom stereocenters. The van der Waals surface area contributed by atoms with Crippen molar-refractivity contribution in [3.63, 3.8) is 0 Å². The molecule has 2 rings (SSSR count). The lowest BCUT2D eigenvalue weighted by Gasteiger charge is -1.99. The Labute approximate surface area is 138 Å². The summed E-state index contributed by atoms with van der Waals surface area (Å²) in [6.45, 7) is 0. The van der Waals surface area contributed by atoms with Gasteiger partial charge in [0.1, 0.15) is 0 Å². The van der Waals surface area contributed by atoms with Gasteiger partial charge in [-0.1, -0.05) is 41.4 Å². The monoisotopic (exact) mass is 333 g/mol. The van der Waals surface area contributed by atoms with Gasteiger partial charge in [-0.2, -0.15) is 0 Å². The summed E-state index contributed by atoms with van der Waals surface area (Å²) in [5.74, 6) is -0.385. The second-order valence-electron chi connectivity index (χ2n) is 4.49. The lowest BCUT2D eigenvalue weighted by Crippen LogP contribution is -2.14. The quantitative estimate of drug-likeness (QED) is 0.670. The third kappa shape index (κ3) is 3.75. The second kappa shape index (κ2) is 7.25. The average molecular weight is 334 g/mol. The smallest absolute Gasteiger partial charge is 0.212 e. The van der Waals surface area contributed by atoms with Gasteiger partial charge < -0.3 is 5.32 Å². The van der Waals surface area contributed by atoms with Crippen LogP contribution in [0.15, 0.2) is 53.3 Å². The highest BCUT2D eigenvalue weighted by Crippen LogP contribution is 2.22. The molecule has 0 aromatic heterocycles. The fourth-order valence-electron chi connectivity index (χ4n) is 1.88. The Bertz CT molecular complexity index is 801. The molecule has 0 radical (unpaired) electrons. The van der Waals surface area contributed by atoms with Crippen LogP contribution < -0.4 is 10.7 Å². The SMILES string of the molecule is CNc1ccccc(C(=O)/C=C\c2ccc(Cl)cc2Cl)c1=O. The van der Waals surface area contributed by atoms with E-state index in [2.05, 4.69) is 5.32 Å². The van der Waals surface area contributed by atoms with E-state index in [1.807, 2.05) is 0 Å². The highest BCUT2D eigenvalue weighted by molar-refractivity contribution is 6.35. The highest BCUT2D eigenvalue weighted by Gasteiger charge is 2.08. The van der Waals surface area contributed by atoms with E-state index in [0.29, 0.717) is 21.3 Å². The summed E-state index contributed by atoms with van der Waals surface area (Å²) in [4.78, 5) is 24.4. The summed E-state index contributed by atoms with van der Waals surface area (Å²) < 4.78 is 0. The molecule has 2 aromatic rings. The first-order valence-corrected chi connectivity index (χ1v) is 7.27. The van der Waals surface area contributed by atoms with Gasteiger partial charge in [-0.25, -0.2) is 0 Å². The van der Waals surface area contributed by atoms with Crippen molar-refractivity contribution >= 4 is 40.7 Å². The number of rotatable bonds is 4. The summed E-state index contributed by atoms with van der Waals surface area (Å²) in [7, 11) is 1.63. The first kappa shape index (κ1) is 16.3. The van der Waals surface area contributed by atoms with Gasteiger partial charge in [0.2, 0.25) is 5.43 Å². The predicted molar refractivity (Wildman–Crippen MR) is 92.1 cm³/mol. The molecule has 0 amide bonds. The molecular formula is C17H13Cl2NO2. The molecule has 0 aliphatic carbocycles. The van der Waals surface area contributed by atoms with Crippen LogP contribution in [0.2, 0.25) is 10.0 Å². The molecule has 2 aromatic carbocycles. The number of anilines is 1. The minimum absolute atomic E-state index is 0.0932. The molecule has 22 heavy (non-hydrogen) atoms. The Balaban J connectivity index is 2.36. The number of carbonyl (C=O) groups is 1. The molecular weight excluding hydrogens is 321 g/mol.